The van der Waals surface area contributed by atoms with Crippen LogP contribution in [0.4, 0.5) is 4.79 Å². The Morgan fingerprint density at radius 3 is 2.85 bits per heavy atom. The summed E-state index contributed by atoms with van der Waals surface area (Å²) in [5, 5.41) is 12.4. The maximum absolute atomic E-state index is 12.1. The summed E-state index contributed by atoms with van der Waals surface area (Å²) in [7, 11) is 1.63. The number of amides is 2. The lowest BCUT2D eigenvalue weighted by atomic mass is 10.0. The van der Waals surface area contributed by atoms with E-state index in [2.05, 4.69) is 5.32 Å². The predicted octanol–water partition coefficient (Wildman–Crippen LogP) is 0.576. The topological polar surface area (TPSA) is 78.9 Å². The molecule has 0 aromatic heterocycles. The van der Waals surface area contributed by atoms with Crippen molar-refractivity contribution in [3.05, 3.63) is 0 Å². The SMILES string of the molecule is CN(C(=O)NCC1CSCCS1)C1COCC1C(=O)O. The lowest BCUT2D eigenvalue weighted by Gasteiger charge is -2.28. The van der Waals surface area contributed by atoms with Gasteiger partial charge in [0, 0.05) is 36.1 Å². The van der Waals surface area contributed by atoms with Gasteiger partial charge in [0.05, 0.1) is 19.3 Å². The fraction of sp³-hybridized carbons (Fsp3) is 0.833. The molecule has 3 atom stereocenters. The van der Waals surface area contributed by atoms with Gasteiger partial charge in [0.1, 0.15) is 5.92 Å². The molecule has 2 N–H and O–H groups in total. The number of rotatable bonds is 4. The minimum Gasteiger partial charge on any atom is -0.481 e. The first-order chi connectivity index (χ1) is 9.59. The summed E-state index contributed by atoms with van der Waals surface area (Å²) in [6.45, 7) is 1.09. The van der Waals surface area contributed by atoms with E-state index in [9.17, 15) is 9.59 Å². The molecule has 0 radical (unpaired) electrons. The number of ether oxygens (including phenoxy) is 1. The number of thioether (sulfide) groups is 2. The zero-order valence-electron chi connectivity index (χ0n) is 11.4. The Morgan fingerprint density at radius 2 is 2.20 bits per heavy atom. The molecule has 2 rings (SSSR count). The third-order valence-corrected chi connectivity index (χ3v) is 6.40. The van der Waals surface area contributed by atoms with E-state index < -0.39 is 11.9 Å². The van der Waals surface area contributed by atoms with Crippen molar-refractivity contribution in [3.63, 3.8) is 0 Å². The highest BCUT2D eigenvalue weighted by molar-refractivity contribution is 8.06. The van der Waals surface area contributed by atoms with Crippen molar-refractivity contribution >= 4 is 35.5 Å². The zero-order valence-corrected chi connectivity index (χ0v) is 13.0. The zero-order chi connectivity index (χ0) is 14.5. The van der Waals surface area contributed by atoms with Crippen molar-refractivity contribution in [2.75, 3.05) is 44.1 Å². The summed E-state index contributed by atoms with van der Waals surface area (Å²) in [4.78, 5) is 24.7. The Balaban J connectivity index is 1.80. The van der Waals surface area contributed by atoms with Gasteiger partial charge in [-0.1, -0.05) is 0 Å². The maximum atomic E-state index is 12.1. The lowest BCUT2D eigenvalue weighted by molar-refractivity contribution is -0.142. The van der Waals surface area contributed by atoms with E-state index >= 15 is 0 Å². The molecular formula is C12H20N2O4S2. The molecule has 2 amide bonds. The van der Waals surface area contributed by atoms with Gasteiger partial charge in [-0.3, -0.25) is 4.79 Å². The molecule has 8 heteroatoms. The van der Waals surface area contributed by atoms with Crippen LogP contribution in [-0.2, 0) is 9.53 Å². The molecule has 0 aliphatic carbocycles. The van der Waals surface area contributed by atoms with E-state index in [-0.39, 0.29) is 25.3 Å². The molecule has 0 saturated carbocycles. The predicted molar refractivity (Wildman–Crippen MR) is 80.5 cm³/mol. The molecule has 0 aromatic rings. The first-order valence-electron chi connectivity index (χ1n) is 6.60. The summed E-state index contributed by atoms with van der Waals surface area (Å²) in [6.07, 6.45) is 0. The molecule has 6 nitrogen and oxygen atoms in total. The Labute approximate surface area is 127 Å². The van der Waals surface area contributed by atoms with E-state index in [1.807, 2.05) is 23.5 Å². The molecule has 0 bridgehead atoms. The summed E-state index contributed by atoms with van der Waals surface area (Å²) in [5.74, 6) is 1.81. The van der Waals surface area contributed by atoms with E-state index in [1.54, 1.807) is 7.05 Å². The molecule has 114 valence electrons. The highest BCUT2D eigenvalue weighted by atomic mass is 32.2. The number of nitrogens with one attached hydrogen (secondary N) is 1. The van der Waals surface area contributed by atoms with Crippen LogP contribution in [0.1, 0.15) is 0 Å². The second-order valence-electron chi connectivity index (χ2n) is 4.91. The summed E-state index contributed by atoms with van der Waals surface area (Å²) < 4.78 is 5.19. The molecule has 2 fully saturated rings. The van der Waals surface area contributed by atoms with Gasteiger partial charge in [-0.25, -0.2) is 4.79 Å². The maximum Gasteiger partial charge on any atom is 0.317 e. The number of carbonyl (C=O) groups is 2. The molecule has 2 aliphatic rings. The summed E-state index contributed by atoms with van der Waals surface area (Å²) in [6, 6.07) is -0.608. The minimum absolute atomic E-state index is 0.173. The number of aliphatic carboxylic acids is 1. The molecule has 0 aromatic carbocycles. The minimum atomic E-state index is -0.911. The Kier molecular flexibility index (Phi) is 5.86. The van der Waals surface area contributed by atoms with Crippen LogP contribution in [0, 0.1) is 5.92 Å². The van der Waals surface area contributed by atoms with Crippen molar-refractivity contribution in [3.8, 4) is 0 Å². The van der Waals surface area contributed by atoms with Gasteiger partial charge < -0.3 is 20.1 Å². The number of likely N-dealkylation sites (N-methyl/N-ethyl adjacent to an activating group) is 1. The van der Waals surface area contributed by atoms with Crippen molar-refractivity contribution in [2.24, 2.45) is 5.92 Å². The van der Waals surface area contributed by atoms with Crippen molar-refractivity contribution in [1.29, 1.82) is 0 Å². The van der Waals surface area contributed by atoms with Gasteiger partial charge in [-0.15, -0.1) is 0 Å². The Hall–Kier alpha value is -0.600. The smallest absolute Gasteiger partial charge is 0.317 e. The number of nitrogens with zero attached hydrogens (tertiary/aromatic N) is 1. The van der Waals surface area contributed by atoms with Gasteiger partial charge in [-0.05, 0) is 0 Å². The normalized spacial score (nSPS) is 29.9. The fourth-order valence-corrected chi connectivity index (χ4v) is 4.90. The fourth-order valence-electron chi connectivity index (χ4n) is 2.29. The van der Waals surface area contributed by atoms with Crippen LogP contribution >= 0.6 is 23.5 Å². The Bertz CT molecular complexity index is 363. The number of carbonyl (C=O) groups excluding carboxylic acids is 1. The molecular weight excluding hydrogens is 300 g/mol. The number of urea groups is 1. The van der Waals surface area contributed by atoms with Gasteiger partial charge in [0.2, 0.25) is 0 Å². The second kappa shape index (κ2) is 7.42. The van der Waals surface area contributed by atoms with E-state index in [0.29, 0.717) is 11.8 Å². The van der Waals surface area contributed by atoms with Crippen LogP contribution in [0.3, 0.4) is 0 Å². The number of carboxylic acids is 1. The molecule has 2 heterocycles. The van der Waals surface area contributed by atoms with Crippen molar-refractivity contribution < 1.29 is 19.4 Å². The van der Waals surface area contributed by atoms with Crippen LogP contribution in [0.5, 0.6) is 0 Å². The van der Waals surface area contributed by atoms with Crippen LogP contribution < -0.4 is 5.32 Å². The van der Waals surface area contributed by atoms with Gasteiger partial charge >= 0.3 is 12.0 Å². The highest BCUT2D eigenvalue weighted by Crippen LogP contribution is 2.23. The molecule has 3 unspecified atom stereocenters. The van der Waals surface area contributed by atoms with Crippen LogP contribution in [-0.4, -0.2) is 77.4 Å². The molecule has 2 aliphatic heterocycles. The standard InChI is InChI=1S/C12H20N2O4S2/c1-14(10-6-18-5-9(10)11(15)16)12(17)13-4-8-7-19-2-3-20-8/h8-10H,2-7H2,1H3,(H,13,17)(H,15,16). The second-order valence-corrected chi connectivity index (χ2v) is 7.47. The van der Waals surface area contributed by atoms with Gasteiger partial charge in [0.15, 0.2) is 0 Å². The monoisotopic (exact) mass is 320 g/mol. The van der Waals surface area contributed by atoms with Crippen molar-refractivity contribution in [2.45, 2.75) is 11.3 Å². The average Bonchev–Trinajstić information content (AvgIpc) is 2.94. The summed E-state index contributed by atoms with van der Waals surface area (Å²) >= 11 is 3.79. The third kappa shape index (κ3) is 3.95. The molecule has 2 saturated heterocycles. The first-order valence-corrected chi connectivity index (χ1v) is 8.80. The number of carboxylic acid groups (broad SMARTS) is 1. The first kappa shape index (κ1) is 15.8. The average molecular weight is 320 g/mol. The van der Waals surface area contributed by atoms with Gasteiger partial charge in [0.25, 0.3) is 0 Å². The number of hydrogen-bond donors (Lipinski definition) is 2. The third-order valence-electron chi connectivity index (χ3n) is 3.55. The molecule has 20 heavy (non-hydrogen) atoms. The summed E-state index contributed by atoms with van der Waals surface area (Å²) in [5.41, 5.74) is 0. The highest BCUT2D eigenvalue weighted by Gasteiger charge is 2.38. The van der Waals surface area contributed by atoms with Crippen LogP contribution in [0.25, 0.3) is 0 Å². The van der Waals surface area contributed by atoms with E-state index in [1.165, 1.54) is 10.7 Å². The largest absolute Gasteiger partial charge is 0.481 e. The van der Waals surface area contributed by atoms with E-state index in [0.717, 1.165) is 11.5 Å². The van der Waals surface area contributed by atoms with Crippen molar-refractivity contribution in [1.82, 2.24) is 10.2 Å². The van der Waals surface area contributed by atoms with Crippen LogP contribution in [0.15, 0.2) is 0 Å². The molecule has 0 spiro atoms. The van der Waals surface area contributed by atoms with Crippen LogP contribution in [0.2, 0.25) is 0 Å². The number of hydrogen-bond acceptors (Lipinski definition) is 5. The lowest BCUT2D eigenvalue weighted by Crippen LogP contribution is -2.49. The van der Waals surface area contributed by atoms with Gasteiger partial charge in [-0.2, -0.15) is 23.5 Å². The quantitative estimate of drug-likeness (QED) is 0.789. The van der Waals surface area contributed by atoms with E-state index in [4.69, 9.17) is 9.84 Å². The Morgan fingerprint density at radius 1 is 1.40 bits per heavy atom.